The van der Waals surface area contributed by atoms with Gasteiger partial charge in [0.05, 0.1) is 12.1 Å². The maximum Gasteiger partial charge on any atom is 0.237 e. The number of benzene rings is 1. The highest BCUT2D eigenvalue weighted by molar-refractivity contribution is 5.85. The number of amides is 1. The van der Waals surface area contributed by atoms with Crippen LogP contribution in [0.4, 0.5) is 0 Å². The molecule has 0 aliphatic carbocycles. The number of aryl methyl sites for hydroxylation is 1. The summed E-state index contributed by atoms with van der Waals surface area (Å²) in [7, 11) is 1.68. The van der Waals surface area contributed by atoms with E-state index in [1.54, 1.807) is 7.11 Å². The number of methoxy groups -OCH3 is 1. The molecule has 112 valence electrons. The summed E-state index contributed by atoms with van der Waals surface area (Å²) in [5.41, 5.74) is 2.48. The van der Waals surface area contributed by atoms with Crippen LogP contribution in [0.15, 0.2) is 24.3 Å². The Kier molecular flexibility index (Phi) is 6.99. The van der Waals surface area contributed by atoms with Gasteiger partial charge in [-0.3, -0.25) is 4.79 Å². The number of hydrogen-bond acceptors (Lipinski definition) is 3. The van der Waals surface area contributed by atoms with Crippen molar-refractivity contribution in [2.24, 2.45) is 0 Å². The first kappa shape index (κ1) is 17.0. The fourth-order valence-electron chi connectivity index (χ4n) is 2.46. The molecule has 0 aromatic heterocycles. The average Bonchev–Trinajstić information content (AvgIpc) is 2.94. The van der Waals surface area contributed by atoms with E-state index >= 15 is 0 Å². The van der Waals surface area contributed by atoms with E-state index in [9.17, 15) is 4.79 Å². The summed E-state index contributed by atoms with van der Waals surface area (Å²) in [6.07, 6.45) is 1.88. The third-order valence-corrected chi connectivity index (χ3v) is 3.69. The molecule has 0 radical (unpaired) electrons. The second kappa shape index (κ2) is 8.25. The monoisotopic (exact) mass is 298 g/mol. The minimum absolute atomic E-state index is 0. The van der Waals surface area contributed by atoms with Crippen molar-refractivity contribution >= 4 is 18.3 Å². The molecule has 0 unspecified atom stereocenters. The zero-order valence-corrected chi connectivity index (χ0v) is 12.8. The summed E-state index contributed by atoms with van der Waals surface area (Å²) < 4.78 is 5.25. The molecule has 1 heterocycles. The Morgan fingerprint density at radius 3 is 2.70 bits per heavy atom. The molecule has 2 N–H and O–H groups in total. The van der Waals surface area contributed by atoms with Gasteiger partial charge in [-0.2, -0.15) is 0 Å². The number of nitrogens with one attached hydrogen (secondary N) is 2. The summed E-state index contributed by atoms with van der Waals surface area (Å²) in [6, 6.07) is 8.09. The van der Waals surface area contributed by atoms with E-state index in [4.69, 9.17) is 4.74 Å². The molecular weight excluding hydrogens is 276 g/mol. The molecule has 0 saturated carbocycles. The van der Waals surface area contributed by atoms with Gasteiger partial charge in [0.15, 0.2) is 0 Å². The second-order valence-electron chi connectivity index (χ2n) is 4.89. The van der Waals surface area contributed by atoms with Gasteiger partial charge in [-0.15, -0.1) is 12.4 Å². The first-order chi connectivity index (χ1) is 9.24. The van der Waals surface area contributed by atoms with Crippen molar-refractivity contribution in [1.82, 2.24) is 10.6 Å². The fourth-order valence-corrected chi connectivity index (χ4v) is 2.46. The van der Waals surface area contributed by atoms with Crippen molar-refractivity contribution in [3.8, 4) is 0 Å². The highest BCUT2D eigenvalue weighted by atomic mass is 35.5. The van der Waals surface area contributed by atoms with E-state index in [-0.39, 0.29) is 30.5 Å². The topological polar surface area (TPSA) is 50.4 Å². The Morgan fingerprint density at radius 1 is 1.40 bits per heavy atom. The van der Waals surface area contributed by atoms with Gasteiger partial charge in [-0.05, 0) is 24.0 Å². The lowest BCUT2D eigenvalue weighted by molar-refractivity contribution is -0.123. The van der Waals surface area contributed by atoms with Crippen LogP contribution in [0, 0.1) is 0 Å². The number of rotatable bonds is 5. The Morgan fingerprint density at radius 2 is 2.10 bits per heavy atom. The Hall–Kier alpha value is -1.10. The summed E-state index contributed by atoms with van der Waals surface area (Å²) in [5, 5.41) is 6.19. The third kappa shape index (κ3) is 4.20. The molecule has 0 bridgehead atoms. The molecule has 1 fully saturated rings. The van der Waals surface area contributed by atoms with E-state index < -0.39 is 0 Å². The molecule has 1 saturated heterocycles. The smallest absolute Gasteiger partial charge is 0.237 e. The normalized spacial score (nSPS) is 21.3. The van der Waals surface area contributed by atoms with Crippen LogP contribution in [0.25, 0.3) is 0 Å². The van der Waals surface area contributed by atoms with E-state index in [0.717, 1.165) is 19.4 Å². The number of carbonyl (C=O) groups excluding carboxylic acids is 1. The first-order valence-electron chi connectivity index (χ1n) is 6.85. The van der Waals surface area contributed by atoms with E-state index in [1.807, 2.05) is 12.1 Å². The Balaban J connectivity index is 0.00000200. The predicted molar refractivity (Wildman–Crippen MR) is 82.1 cm³/mol. The standard InChI is InChI=1S/C15H22N2O2.ClH/c1-3-11-6-4-5-7-12(11)9-17-15(18)14-8-13(19-2)10-16-14;/h4-7,13-14,16H,3,8-10H2,1-2H3,(H,17,18);1H/t13-,14-;/m0./s1. The zero-order valence-electron chi connectivity index (χ0n) is 12.0. The quantitative estimate of drug-likeness (QED) is 0.869. The van der Waals surface area contributed by atoms with Crippen molar-refractivity contribution in [1.29, 1.82) is 0 Å². The average molecular weight is 299 g/mol. The van der Waals surface area contributed by atoms with Crippen LogP contribution in [0.5, 0.6) is 0 Å². The number of halogens is 1. The lowest BCUT2D eigenvalue weighted by Gasteiger charge is -2.13. The van der Waals surface area contributed by atoms with Crippen molar-refractivity contribution in [3.63, 3.8) is 0 Å². The number of hydrogen-bond donors (Lipinski definition) is 2. The molecular formula is C15H23ClN2O2. The highest BCUT2D eigenvalue weighted by Crippen LogP contribution is 2.11. The number of carbonyl (C=O) groups is 1. The minimum Gasteiger partial charge on any atom is -0.380 e. The van der Waals surface area contributed by atoms with Crippen molar-refractivity contribution in [3.05, 3.63) is 35.4 Å². The molecule has 1 amide bonds. The van der Waals surface area contributed by atoms with Gasteiger partial charge in [0.1, 0.15) is 0 Å². The minimum atomic E-state index is -0.126. The van der Waals surface area contributed by atoms with Crippen LogP contribution in [0.1, 0.15) is 24.5 Å². The first-order valence-corrected chi connectivity index (χ1v) is 6.85. The predicted octanol–water partition coefficient (Wildman–Crippen LogP) is 1.66. The number of ether oxygens (including phenoxy) is 1. The lowest BCUT2D eigenvalue weighted by atomic mass is 10.1. The molecule has 20 heavy (non-hydrogen) atoms. The third-order valence-electron chi connectivity index (χ3n) is 3.69. The summed E-state index contributed by atoms with van der Waals surface area (Å²) in [5.74, 6) is 0.0606. The molecule has 1 aliphatic rings. The van der Waals surface area contributed by atoms with Crippen LogP contribution >= 0.6 is 12.4 Å². The van der Waals surface area contributed by atoms with E-state index in [2.05, 4.69) is 29.7 Å². The zero-order chi connectivity index (χ0) is 13.7. The lowest BCUT2D eigenvalue weighted by Crippen LogP contribution is -2.40. The molecule has 1 aromatic rings. The molecule has 0 spiro atoms. The molecule has 1 aliphatic heterocycles. The fraction of sp³-hybridized carbons (Fsp3) is 0.533. The van der Waals surface area contributed by atoms with Crippen molar-refractivity contribution < 1.29 is 9.53 Å². The highest BCUT2D eigenvalue weighted by Gasteiger charge is 2.28. The Bertz CT molecular complexity index is 440. The van der Waals surface area contributed by atoms with Gasteiger partial charge in [-0.1, -0.05) is 31.2 Å². The second-order valence-corrected chi connectivity index (χ2v) is 4.89. The van der Waals surface area contributed by atoms with Gasteiger partial charge in [0, 0.05) is 20.2 Å². The van der Waals surface area contributed by atoms with E-state index in [0.29, 0.717) is 6.54 Å². The molecule has 4 nitrogen and oxygen atoms in total. The summed E-state index contributed by atoms with van der Waals surface area (Å²) in [4.78, 5) is 12.1. The Labute approximate surface area is 126 Å². The molecule has 1 aromatic carbocycles. The largest absolute Gasteiger partial charge is 0.380 e. The van der Waals surface area contributed by atoms with Crippen molar-refractivity contribution in [2.45, 2.75) is 38.5 Å². The van der Waals surface area contributed by atoms with Gasteiger partial charge in [-0.25, -0.2) is 0 Å². The van der Waals surface area contributed by atoms with Crippen LogP contribution < -0.4 is 10.6 Å². The maximum atomic E-state index is 12.1. The van der Waals surface area contributed by atoms with Gasteiger partial charge >= 0.3 is 0 Å². The van der Waals surface area contributed by atoms with Crippen LogP contribution in [0.2, 0.25) is 0 Å². The molecule has 2 atom stereocenters. The van der Waals surface area contributed by atoms with Crippen LogP contribution in [0.3, 0.4) is 0 Å². The van der Waals surface area contributed by atoms with Gasteiger partial charge < -0.3 is 15.4 Å². The summed E-state index contributed by atoms with van der Waals surface area (Å²) >= 11 is 0. The maximum absolute atomic E-state index is 12.1. The van der Waals surface area contributed by atoms with Gasteiger partial charge in [0.25, 0.3) is 0 Å². The van der Waals surface area contributed by atoms with Gasteiger partial charge in [0.2, 0.25) is 5.91 Å². The van der Waals surface area contributed by atoms with Crippen LogP contribution in [-0.4, -0.2) is 31.7 Å². The SMILES string of the molecule is CCc1ccccc1CNC(=O)[C@@H]1C[C@H](OC)CN1.Cl. The molecule has 2 rings (SSSR count). The van der Waals surface area contributed by atoms with Crippen molar-refractivity contribution in [2.75, 3.05) is 13.7 Å². The van der Waals surface area contributed by atoms with E-state index in [1.165, 1.54) is 11.1 Å². The summed E-state index contributed by atoms with van der Waals surface area (Å²) in [6.45, 7) is 3.47. The van der Waals surface area contributed by atoms with Crippen LogP contribution in [-0.2, 0) is 22.5 Å². The molecule has 5 heteroatoms.